The van der Waals surface area contributed by atoms with Crippen LogP contribution in [0.3, 0.4) is 0 Å². The van der Waals surface area contributed by atoms with Gasteiger partial charge in [-0.2, -0.15) is 5.26 Å². The van der Waals surface area contributed by atoms with Crippen molar-refractivity contribution in [2.45, 2.75) is 44.2 Å². The fourth-order valence-electron chi connectivity index (χ4n) is 2.38. The lowest BCUT2D eigenvalue weighted by atomic mass is 9.99. The van der Waals surface area contributed by atoms with Crippen LogP contribution in [0.1, 0.15) is 32.6 Å². The molecule has 1 aliphatic rings. The third-order valence-electron chi connectivity index (χ3n) is 3.51. The molecule has 106 valence electrons. The highest BCUT2D eigenvalue weighted by Crippen LogP contribution is 2.29. The SMILES string of the molecule is CC(Oc1cccc(F)c1)C(=O)NC1(C#N)CCCC1. The second kappa shape index (κ2) is 5.91. The van der Waals surface area contributed by atoms with E-state index in [0.717, 1.165) is 12.8 Å². The molecule has 0 spiro atoms. The summed E-state index contributed by atoms with van der Waals surface area (Å²) in [5.41, 5.74) is -0.767. The molecule has 1 aromatic rings. The fraction of sp³-hybridized carbons (Fsp3) is 0.467. The van der Waals surface area contributed by atoms with Crippen LogP contribution in [0.2, 0.25) is 0 Å². The van der Waals surface area contributed by atoms with E-state index in [-0.39, 0.29) is 5.91 Å². The lowest BCUT2D eigenvalue weighted by molar-refractivity contribution is -0.128. The zero-order chi connectivity index (χ0) is 14.6. The summed E-state index contributed by atoms with van der Waals surface area (Å²) in [5, 5.41) is 12.0. The topological polar surface area (TPSA) is 62.1 Å². The number of hydrogen-bond donors (Lipinski definition) is 1. The van der Waals surface area contributed by atoms with Gasteiger partial charge in [0.2, 0.25) is 0 Å². The molecule has 1 amide bonds. The normalized spacial score (nSPS) is 18.1. The van der Waals surface area contributed by atoms with E-state index >= 15 is 0 Å². The van der Waals surface area contributed by atoms with Crippen LogP contribution < -0.4 is 10.1 Å². The Morgan fingerprint density at radius 1 is 1.50 bits per heavy atom. The van der Waals surface area contributed by atoms with Crippen LogP contribution in [0.4, 0.5) is 4.39 Å². The molecule has 20 heavy (non-hydrogen) atoms. The number of nitrogens with one attached hydrogen (secondary N) is 1. The van der Waals surface area contributed by atoms with E-state index in [0.29, 0.717) is 18.6 Å². The standard InChI is InChI=1S/C15H17FN2O2/c1-11(20-13-6-4-5-12(16)9-13)14(19)18-15(10-17)7-2-3-8-15/h4-6,9,11H,2-3,7-8H2,1H3,(H,18,19). The smallest absolute Gasteiger partial charge is 0.262 e. The van der Waals surface area contributed by atoms with Gasteiger partial charge in [0.15, 0.2) is 6.10 Å². The molecule has 2 rings (SSSR count). The maximum absolute atomic E-state index is 13.0. The Balaban J connectivity index is 1.97. The van der Waals surface area contributed by atoms with Crippen LogP contribution in [0.5, 0.6) is 5.75 Å². The molecular weight excluding hydrogens is 259 g/mol. The van der Waals surface area contributed by atoms with Gasteiger partial charge >= 0.3 is 0 Å². The van der Waals surface area contributed by atoms with Crippen molar-refractivity contribution in [1.29, 1.82) is 5.26 Å². The summed E-state index contributed by atoms with van der Waals surface area (Å²) < 4.78 is 18.4. The summed E-state index contributed by atoms with van der Waals surface area (Å²) >= 11 is 0. The summed E-state index contributed by atoms with van der Waals surface area (Å²) in [6.07, 6.45) is 2.44. The van der Waals surface area contributed by atoms with E-state index in [4.69, 9.17) is 4.74 Å². The number of nitrogens with zero attached hydrogens (tertiary/aromatic N) is 1. The summed E-state index contributed by atoms with van der Waals surface area (Å²) in [7, 11) is 0. The molecule has 0 aliphatic heterocycles. The Morgan fingerprint density at radius 3 is 2.80 bits per heavy atom. The number of rotatable bonds is 4. The van der Waals surface area contributed by atoms with Crippen molar-refractivity contribution in [3.05, 3.63) is 30.1 Å². The van der Waals surface area contributed by atoms with Gasteiger partial charge in [-0.1, -0.05) is 6.07 Å². The number of carbonyl (C=O) groups excluding carboxylic acids is 1. The Hall–Kier alpha value is -2.09. The van der Waals surface area contributed by atoms with Crippen molar-refractivity contribution in [3.8, 4) is 11.8 Å². The number of hydrogen-bond acceptors (Lipinski definition) is 3. The van der Waals surface area contributed by atoms with E-state index in [1.807, 2.05) is 0 Å². The summed E-state index contributed by atoms with van der Waals surface area (Å²) in [6.45, 7) is 1.58. The van der Waals surface area contributed by atoms with Gasteiger partial charge in [0.1, 0.15) is 17.1 Å². The highest BCUT2D eigenvalue weighted by molar-refractivity contribution is 5.82. The average molecular weight is 276 g/mol. The monoisotopic (exact) mass is 276 g/mol. The highest BCUT2D eigenvalue weighted by Gasteiger charge is 2.36. The predicted octanol–water partition coefficient (Wildman–Crippen LogP) is 2.55. The molecule has 0 aromatic heterocycles. The maximum atomic E-state index is 13.0. The minimum Gasteiger partial charge on any atom is -0.481 e. The molecule has 1 fully saturated rings. The van der Waals surface area contributed by atoms with E-state index in [1.165, 1.54) is 18.2 Å². The third-order valence-corrected chi connectivity index (χ3v) is 3.51. The fourth-order valence-corrected chi connectivity index (χ4v) is 2.38. The van der Waals surface area contributed by atoms with Crippen molar-refractivity contribution >= 4 is 5.91 Å². The van der Waals surface area contributed by atoms with Gasteiger partial charge in [0.25, 0.3) is 5.91 Å². The first-order valence-electron chi connectivity index (χ1n) is 6.70. The molecule has 0 heterocycles. The molecule has 1 aromatic carbocycles. The first kappa shape index (κ1) is 14.3. The number of benzene rings is 1. The predicted molar refractivity (Wildman–Crippen MR) is 71.4 cm³/mol. The maximum Gasteiger partial charge on any atom is 0.262 e. The van der Waals surface area contributed by atoms with Crippen LogP contribution in [0, 0.1) is 17.1 Å². The van der Waals surface area contributed by atoms with Crippen molar-refractivity contribution in [2.75, 3.05) is 0 Å². The number of nitriles is 1. The second-order valence-corrected chi connectivity index (χ2v) is 5.11. The molecule has 5 heteroatoms. The van der Waals surface area contributed by atoms with Gasteiger partial charge in [0, 0.05) is 6.07 Å². The van der Waals surface area contributed by atoms with Crippen molar-refractivity contribution in [2.24, 2.45) is 0 Å². The lowest BCUT2D eigenvalue weighted by Crippen LogP contribution is -2.49. The number of ether oxygens (including phenoxy) is 1. The van der Waals surface area contributed by atoms with Gasteiger partial charge < -0.3 is 10.1 Å². The van der Waals surface area contributed by atoms with E-state index in [1.54, 1.807) is 13.0 Å². The third kappa shape index (κ3) is 3.27. The van der Waals surface area contributed by atoms with Crippen molar-refractivity contribution in [3.63, 3.8) is 0 Å². The van der Waals surface area contributed by atoms with Crippen LogP contribution in [0.25, 0.3) is 0 Å². The molecular formula is C15H17FN2O2. The van der Waals surface area contributed by atoms with E-state index in [2.05, 4.69) is 11.4 Å². The molecule has 0 saturated heterocycles. The molecule has 0 bridgehead atoms. The number of amides is 1. The molecule has 1 unspecified atom stereocenters. The van der Waals surface area contributed by atoms with Gasteiger partial charge in [-0.05, 0) is 44.7 Å². The van der Waals surface area contributed by atoms with Crippen LogP contribution >= 0.6 is 0 Å². The summed E-state index contributed by atoms with van der Waals surface area (Å²) in [5.74, 6) is -0.470. The second-order valence-electron chi connectivity index (χ2n) is 5.11. The summed E-state index contributed by atoms with van der Waals surface area (Å²) in [4.78, 5) is 12.1. The Bertz CT molecular complexity index is 533. The molecule has 4 nitrogen and oxygen atoms in total. The van der Waals surface area contributed by atoms with Crippen molar-refractivity contribution < 1.29 is 13.9 Å². The van der Waals surface area contributed by atoms with E-state index < -0.39 is 17.5 Å². The van der Waals surface area contributed by atoms with Gasteiger partial charge in [-0.3, -0.25) is 4.79 Å². The Morgan fingerprint density at radius 2 is 2.20 bits per heavy atom. The van der Waals surface area contributed by atoms with Crippen LogP contribution in [0.15, 0.2) is 24.3 Å². The molecule has 1 saturated carbocycles. The average Bonchev–Trinajstić information content (AvgIpc) is 2.88. The quantitative estimate of drug-likeness (QED) is 0.919. The lowest BCUT2D eigenvalue weighted by Gasteiger charge is -2.24. The van der Waals surface area contributed by atoms with Crippen LogP contribution in [-0.4, -0.2) is 17.6 Å². The van der Waals surface area contributed by atoms with E-state index in [9.17, 15) is 14.4 Å². The molecule has 1 aliphatic carbocycles. The highest BCUT2D eigenvalue weighted by atomic mass is 19.1. The largest absolute Gasteiger partial charge is 0.481 e. The van der Waals surface area contributed by atoms with Gasteiger partial charge in [-0.15, -0.1) is 0 Å². The molecule has 1 N–H and O–H groups in total. The summed E-state index contributed by atoms with van der Waals surface area (Å²) in [6, 6.07) is 7.82. The zero-order valence-electron chi connectivity index (χ0n) is 11.4. The van der Waals surface area contributed by atoms with Gasteiger partial charge in [0.05, 0.1) is 6.07 Å². The molecule has 0 radical (unpaired) electrons. The first-order chi connectivity index (χ1) is 9.54. The van der Waals surface area contributed by atoms with Gasteiger partial charge in [-0.25, -0.2) is 4.39 Å². The first-order valence-corrected chi connectivity index (χ1v) is 6.70. The zero-order valence-corrected chi connectivity index (χ0v) is 11.4. The number of carbonyl (C=O) groups is 1. The minimum atomic E-state index is -0.775. The van der Waals surface area contributed by atoms with Crippen molar-refractivity contribution in [1.82, 2.24) is 5.32 Å². The Kier molecular flexibility index (Phi) is 4.23. The van der Waals surface area contributed by atoms with Crippen LogP contribution in [-0.2, 0) is 4.79 Å². The molecule has 1 atom stereocenters. The minimum absolute atomic E-state index is 0.296. The Labute approximate surface area is 117 Å². The number of halogens is 1.